The van der Waals surface area contributed by atoms with Crippen molar-refractivity contribution in [2.24, 2.45) is 0 Å². The second-order valence-electron chi connectivity index (χ2n) is 4.04. The third-order valence-electron chi connectivity index (χ3n) is 2.70. The zero-order valence-electron chi connectivity index (χ0n) is 10.4. The smallest absolute Gasteiger partial charge is 0.344 e. The van der Waals surface area contributed by atoms with E-state index in [0.717, 1.165) is 0 Å². The predicted molar refractivity (Wildman–Crippen MR) is 67.6 cm³/mol. The van der Waals surface area contributed by atoms with Crippen molar-refractivity contribution >= 4 is 17.1 Å². The number of carbonyl (C=O) groups excluding carboxylic acids is 1. The molecule has 0 atom stereocenters. The van der Waals surface area contributed by atoms with E-state index in [2.05, 4.69) is 20.6 Å². The van der Waals surface area contributed by atoms with Crippen molar-refractivity contribution in [3.8, 4) is 0 Å². The lowest BCUT2D eigenvalue weighted by molar-refractivity contribution is 0.238. The van der Waals surface area contributed by atoms with Gasteiger partial charge in [0.1, 0.15) is 17.5 Å². The van der Waals surface area contributed by atoms with Gasteiger partial charge < -0.3 is 14.8 Å². The van der Waals surface area contributed by atoms with Crippen LogP contribution in [0, 0.1) is 0 Å². The maximum Gasteiger partial charge on any atom is 0.344 e. The Kier molecular flexibility index (Phi) is 3.13. The highest BCUT2D eigenvalue weighted by Crippen LogP contribution is 2.09. The van der Waals surface area contributed by atoms with Crippen LogP contribution in [0.4, 0.5) is 4.79 Å². The largest absolute Gasteiger partial charge is 0.447 e. The van der Waals surface area contributed by atoms with Crippen LogP contribution >= 0.6 is 0 Å². The number of nitrogens with one attached hydrogen (secondary N) is 1. The molecule has 0 radical (unpaired) electrons. The SMILES string of the molecule is O=C(NCc1nc(CO)co1)n1nnc2ccccc21. The van der Waals surface area contributed by atoms with Gasteiger partial charge in [0.2, 0.25) is 5.89 Å². The molecule has 8 nitrogen and oxygen atoms in total. The first-order valence-electron chi connectivity index (χ1n) is 5.90. The van der Waals surface area contributed by atoms with E-state index >= 15 is 0 Å². The number of nitrogens with zero attached hydrogens (tertiary/aromatic N) is 4. The summed E-state index contributed by atoms with van der Waals surface area (Å²) in [5, 5.41) is 19.2. The van der Waals surface area contributed by atoms with E-state index in [1.54, 1.807) is 18.2 Å². The topological polar surface area (TPSA) is 106 Å². The normalized spacial score (nSPS) is 10.8. The molecular weight excluding hydrogens is 262 g/mol. The molecule has 8 heteroatoms. The Labute approximate surface area is 113 Å². The van der Waals surface area contributed by atoms with Gasteiger partial charge in [0, 0.05) is 0 Å². The molecule has 0 fully saturated rings. The molecule has 0 bridgehead atoms. The summed E-state index contributed by atoms with van der Waals surface area (Å²) >= 11 is 0. The number of aliphatic hydroxyl groups is 1. The second-order valence-corrected chi connectivity index (χ2v) is 4.04. The van der Waals surface area contributed by atoms with Crippen LogP contribution in [0.25, 0.3) is 11.0 Å². The Morgan fingerprint density at radius 1 is 1.40 bits per heavy atom. The van der Waals surface area contributed by atoms with Gasteiger partial charge in [0.05, 0.1) is 18.7 Å². The third kappa shape index (κ3) is 2.24. The Hall–Kier alpha value is -2.74. The van der Waals surface area contributed by atoms with E-state index in [9.17, 15) is 4.79 Å². The first kappa shape index (κ1) is 12.3. The number of benzene rings is 1. The average molecular weight is 273 g/mol. The average Bonchev–Trinajstić information content (AvgIpc) is 3.11. The van der Waals surface area contributed by atoms with Crippen LogP contribution in [-0.4, -0.2) is 31.1 Å². The van der Waals surface area contributed by atoms with Crippen molar-refractivity contribution in [1.82, 2.24) is 25.3 Å². The summed E-state index contributed by atoms with van der Waals surface area (Å²) in [5.41, 5.74) is 1.68. The van der Waals surface area contributed by atoms with Gasteiger partial charge in [0.25, 0.3) is 0 Å². The summed E-state index contributed by atoms with van der Waals surface area (Å²) in [5.74, 6) is 0.312. The van der Waals surface area contributed by atoms with Gasteiger partial charge in [-0.1, -0.05) is 17.3 Å². The van der Waals surface area contributed by atoms with Gasteiger partial charge in [-0.25, -0.2) is 9.78 Å². The Bertz CT molecular complexity index is 748. The predicted octanol–water partition coefficient (Wildman–Crippen LogP) is 0.669. The molecule has 0 aliphatic carbocycles. The number of aromatic nitrogens is 4. The van der Waals surface area contributed by atoms with E-state index in [-0.39, 0.29) is 13.2 Å². The van der Waals surface area contributed by atoms with E-state index in [0.29, 0.717) is 22.6 Å². The first-order chi connectivity index (χ1) is 9.78. The van der Waals surface area contributed by atoms with E-state index < -0.39 is 6.03 Å². The van der Waals surface area contributed by atoms with Crippen LogP contribution in [-0.2, 0) is 13.2 Å². The first-order valence-corrected chi connectivity index (χ1v) is 5.90. The van der Waals surface area contributed by atoms with Crippen LogP contribution in [0.1, 0.15) is 11.6 Å². The molecule has 102 valence electrons. The van der Waals surface area contributed by atoms with Crippen molar-refractivity contribution in [1.29, 1.82) is 0 Å². The molecule has 0 aliphatic rings. The van der Waals surface area contributed by atoms with Gasteiger partial charge in [-0.15, -0.1) is 5.10 Å². The van der Waals surface area contributed by atoms with Crippen LogP contribution in [0.5, 0.6) is 0 Å². The summed E-state index contributed by atoms with van der Waals surface area (Å²) in [6, 6.07) is 6.72. The Balaban J connectivity index is 1.73. The molecule has 2 N–H and O–H groups in total. The summed E-state index contributed by atoms with van der Waals surface area (Å²) < 4.78 is 6.25. The van der Waals surface area contributed by atoms with E-state index in [4.69, 9.17) is 9.52 Å². The van der Waals surface area contributed by atoms with Gasteiger partial charge in [-0.05, 0) is 12.1 Å². The molecular formula is C12H11N5O3. The molecule has 2 heterocycles. The van der Waals surface area contributed by atoms with Gasteiger partial charge in [0.15, 0.2) is 0 Å². The Morgan fingerprint density at radius 2 is 2.25 bits per heavy atom. The molecule has 3 aromatic rings. The second kappa shape index (κ2) is 5.10. The van der Waals surface area contributed by atoms with Crippen molar-refractivity contribution in [3.05, 3.63) is 42.1 Å². The van der Waals surface area contributed by atoms with Crippen LogP contribution in [0.15, 0.2) is 34.9 Å². The molecule has 3 rings (SSSR count). The number of hydrogen-bond acceptors (Lipinski definition) is 6. The maximum atomic E-state index is 12.0. The summed E-state index contributed by atoms with van der Waals surface area (Å²) in [4.78, 5) is 16.0. The highest BCUT2D eigenvalue weighted by molar-refractivity contribution is 5.87. The molecule has 20 heavy (non-hydrogen) atoms. The Morgan fingerprint density at radius 3 is 3.05 bits per heavy atom. The quantitative estimate of drug-likeness (QED) is 0.726. The number of amides is 1. The number of rotatable bonds is 3. The van der Waals surface area contributed by atoms with Gasteiger partial charge >= 0.3 is 6.03 Å². The van der Waals surface area contributed by atoms with Crippen LogP contribution < -0.4 is 5.32 Å². The number of oxazole rings is 1. The standard InChI is InChI=1S/C12H11N5O3/c18-6-8-7-20-11(14-8)5-13-12(19)17-10-4-2-1-3-9(10)15-16-17/h1-4,7,18H,5-6H2,(H,13,19). The highest BCUT2D eigenvalue weighted by atomic mass is 16.3. The van der Waals surface area contributed by atoms with Gasteiger partial charge in [-0.3, -0.25) is 0 Å². The highest BCUT2D eigenvalue weighted by Gasteiger charge is 2.12. The fraction of sp³-hybridized carbons (Fsp3) is 0.167. The maximum absolute atomic E-state index is 12.0. The molecule has 0 spiro atoms. The minimum absolute atomic E-state index is 0.104. The van der Waals surface area contributed by atoms with E-state index in [1.165, 1.54) is 10.9 Å². The van der Waals surface area contributed by atoms with Crippen molar-refractivity contribution in [3.63, 3.8) is 0 Å². The number of aliphatic hydroxyl groups excluding tert-OH is 1. The van der Waals surface area contributed by atoms with Crippen molar-refractivity contribution in [2.75, 3.05) is 0 Å². The monoisotopic (exact) mass is 273 g/mol. The lowest BCUT2D eigenvalue weighted by Crippen LogP contribution is -2.29. The minimum Gasteiger partial charge on any atom is -0.447 e. The molecule has 0 saturated heterocycles. The number of carbonyl (C=O) groups is 1. The lowest BCUT2D eigenvalue weighted by Gasteiger charge is -2.02. The fourth-order valence-electron chi connectivity index (χ4n) is 1.75. The summed E-state index contributed by atoms with van der Waals surface area (Å²) in [7, 11) is 0. The molecule has 0 unspecified atom stereocenters. The molecule has 2 aromatic heterocycles. The summed E-state index contributed by atoms with van der Waals surface area (Å²) in [6.07, 6.45) is 1.34. The summed E-state index contributed by atoms with van der Waals surface area (Å²) in [6.45, 7) is -0.0990. The zero-order chi connectivity index (χ0) is 13.9. The van der Waals surface area contributed by atoms with Crippen molar-refractivity contribution in [2.45, 2.75) is 13.2 Å². The van der Waals surface area contributed by atoms with Crippen molar-refractivity contribution < 1.29 is 14.3 Å². The number of hydrogen-bond donors (Lipinski definition) is 2. The molecule has 1 amide bonds. The number of fused-ring (bicyclic) bond motifs is 1. The minimum atomic E-state index is -0.428. The van der Waals surface area contributed by atoms with Crippen LogP contribution in [0.2, 0.25) is 0 Å². The zero-order valence-corrected chi connectivity index (χ0v) is 10.4. The fourth-order valence-corrected chi connectivity index (χ4v) is 1.75. The third-order valence-corrected chi connectivity index (χ3v) is 2.70. The van der Waals surface area contributed by atoms with E-state index in [1.807, 2.05) is 6.07 Å². The molecule has 1 aromatic carbocycles. The van der Waals surface area contributed by atoms with Crippen LogP contribution in [0.3, 0.4) is 0 Å². The number of para-hydroxylation sites is 1. The molecule has 0 saturated carbocycles. The molecule has 0 aliphatic heterocycles. The van der Waals surface area contributed by atoms with Gasteiger partial charge in [-0.2, -0.15) is 4.68 Å². The lowest BCUT2D eigenvalue weighted by atomic mass is 10.3.